The first-order valence-electron chi connectivity index (χ1n) is 8.95. The summed E-state index contributed by atoms with van der Waals surface area (Å²) in [5.74, 6) is 2.43. The van der Waals surface area contributed by atoms with E-state index < -0.39 is 0 Å². The van der Waals surface area contributed by atoms with Gasteiger partial charge in [-0.15, -0.1) is 0 Å². The minimum Gasteiger partial charge on any atom is -0.474 e. The summed E-state index contributed by atoms with van der Waals surface area (Å²) in [6.45, 7) is 3.76. The van der Waals surface area contributed by atoms with Crippen molar-refractivity contribution < 1.29 is 4.74 Å². The number of rotatable bonds is 6. The molecular weight excluding hydrogens is 302 g/mol. The molecule has 6 nitrogen and oxygen atoms in total. The van der Waals surface area contributed by atoms with Crippen LogP contribution in [0.25, 0.3) is 0 Å². The molecule has 2 aliphatic rings. The van der Waals surface area contributed by atoms with Crippen LogP contribution in [0.3, 0.4) is 0 Å². The maximum atomic E-state index is 5.91. The van der Waals surface area contributed by atoms with E-state index in [-0.39, 0.29) is 0 Å². The molecule has 2 aromatic heterocycles. The molecule has 6 heteroatoms. The monoisotopic (exact) mass is 327 g/mol. The Labute approximate surface area is 142 Å². The van der Waals surface area contributed by atoms with Gasteiger partial charge in [-0.2, -0.15) is 5.10 Å². The topological polar surface area (TPSA) is 64.0 Å². The van der Waals surface area contributed by atoms with Gasteiger partial charge in [-0.25, -0.2) is 9.67 Å². The second-order valence-corrected chi connectivity index (χ2v) is 6.81. The zero-order valence-electron chi connectivity index (χ0n) is 13.9. The van der Waals surface area contributed by atoms with Crippen molar-refractivity contribution in [1.82, 2.24) is 20.1 Å². The highest BCUT2D eigenvalue weighted by Crippen LogP contribution is 2.23. The summed E-state index contributed by atoms with van der Waals surface area (Å²) in [5, 5.41) is 11.3. The third-order valence-electron chi connectivity index (χ3n) is 4.87. The number of hydrogen-bond acceptors (Lipinski definition) is 5. The van der Waals surface area contributed by atoms with E-state index in [1.807, 2.05) is 29.2 Å². The van der Waals surface area contributed by atoms with E-state index in [2.05, 4.69) is 26.8 Å². The summed E-state index contributed by atoms with van der Waals surface area (Å²) in [7, 11) is 0. The van der Waals surface area contributed by atoms with E-state index >= 15 is 0 Å². The van der Waals surface area contributed by atoms with Crippen molar-refractivity contribution in [3.8, 4) is 5.88 Å². The van der Waals surface area contributed by atoms with Gasteiger partial charge < -0.3 is 15.4 Å². The highest BCUT2D eigenvalue weighted by atomic mass is 16.5. The fourth-order valence-corrected chi connectivity index (χ4v) is 3.51. The van der Waals surface area contributed by atoms with Crippen molar-refractivity contribution in [1.29, 1.82) is 0 Å². The van der Waals surface area contributed by atoms with Crippen molar-refractivity contribution in [2.75, 3.05) is 18.4 Å². The highest BCUT2D eigenvalue weighted by Gasteiger charge is 2.18. The molecule has 4 rings (SSSR count). The molecule has 24 heavy (non-hydrogen) atoms. The summed E-state index contributed by atoms with van der Waals surface area (Å²) in [6, 6.07) is 6.12. The second kappa shape index (κ2) is 7.21. The van der Waals surface area contributed by atoms with Gasteiger partial charge in [-0.1, -0.05) is 6.07 Å². The average molecular weight is 327 g/mol. The molecule has 1 atom stereocenters. The van der Waals surface area contributed by atoms with Crippen LogP contribution in [0.15, 0.2) is 30.6 Å². The molecule has 1 saturated carbocycles. The molecule has 1 aliphatic heterocycles. The number of aromatic nitrogens is 3. The van der Waals surface area contributed by atoms with Gasteiger partial charge in [0.15, 0.2) is 0 Å². The summed E-state index contributed by atoms with van der Waals surface area (Å²) in [5.41, 5.74) is 1.19. The van der Waals surface area contributed by atoms with Crippen molar-refractivity contribution in [3.05, 3.63) is 36.2 Å². The lowest BCUT2D eigenvalue weighted by molar-refractivity contribution is 0.201. The SMILES string of the molecule is c1cc2n(n1)C[C@H](CNCc1ccc(OC3CCCC3)nc1)CN2. The number of hydrogen-bond donors (Lipinski definition) is 2. The molecule has 1 aliphatic carbocycles. The van der Waals surface area contributed by atoms with Crippen molar-refractivity contribution >= 4 is 5.82 Å². The van der Waals surface area contributed by atoms with E-state index in [1.165, 1.54) is 31.2 Å². The second-order valence-electron chi connectivity index (χ2n) is 6.81. The van der Waals surface area contributed by atoms with E-state index in [0.717, 1.165) is 37.9 Å². The smallest absolute Gasteiger partial charge is 0.213 e. The predicted octanol–water partition coefficient (Wildman–Crippen LogP) is 2.43. The zero-order chi connectivity index (χ0) is 16.2. The fraction of sp³-hybridized carbons (Fsp3) is 0.556. The van der Waals surface area contributed by atoms with Crippen molar-refractivity contribution in [3.63, 3.8) is 0 Å². The molecule has 0 saturated heterocycles. The third kappa shape index (κ3) is 3.70. The number of anilines is 1. The van der Waals surface area contributed by atoms with Crippen LogP contribution in [-0.2, 0) is 13.1 Å². The molecular formula is C18H25N5O. The van der Waals surface area contributed by atoms with E-state index in [4.69, 9.17) is 4.74 Å². The van der Waals surface area contributed by atoms with Gasteiger partial charge >= 0.3 is 0 Å². The Hall–Kier alpha value is -2.08. The van der Waals surface area contributed by atoms with Gasteiger partial charge in [0.05, 0.1) is 6.20 Å². The maximum absolute atomic E-state index is 5.91. The Morgan fingerprint density at radius 2 is 2.17 bits per heavy atom. The molecule has 3 heterocycles. The minimum absolute atomic E-state index is 0.368. The largest absolute Gasteiger partial charge is 0.474 e. The maximum Gasteiger partial charge on any atom is 0.213 e. The summed E-state index contributed by atoms with van der Waals surface area (Å²) in [4.78, 5) is 4.44. The molecule has 0 bridgehead atoms. The van der Waals surface area contributed by atoms with Gasteiger partial charge in [0.2, 0.25) is 5.88 Å². The summed E-state index contributed by atoms with van der Waals surface area (Å²) in [6.07, 6.45) is 9.02. The molecule has 128 valence electrons. The van der Waals surface area contributed by atoms with E-state index in [0.29, 0.717) is 12.0 Å². The Kier molecular flexibility index (Phi) is 4.64. The first-order chi connectivity index (χ1) is 11.9. The Morgan fingerprint density at radius 1 is 1.25 bits per heavy atom. The molecule has 2 aromatic rings. The van der Waals surface area contributed by atoms with E-state index in [1.54, 1.807) is 0 Å². The minimum atomic E-state index is 0.368. The lowest BCUT2D eigenvalue weighted by Gasteiger charge is -2.25. The standard InChI is InChI=1S/C18H25N5O/c1-2-4-16(3-1)24-18-6-5-14(11-21-18)9-19-10-15-12-20-17-7-8-22-23(17)13-15/h5-8,11,15-16,19-20H,1-4,9-10,12-13H2/t15-/m1/s1. The molecule has 0 radical (unpaired) electrons. The number of nitrogens with one attached hydrogen (secondary N) is 2. The average Bonchev–Trinajstić information content (AvgIpc) is 3.27. The third-order valence-corrected chi connectivity index (χ3v) is 4.87. The highest BCUT2D eigenvalue weighted by molar-refractivity contribution is 5.35. The van der Waals surface area contributed by atoms with Crippen molar-refractivity contribution in [2.24, 2.45) is 5.92 Å². The molecule has 0 aromatic carbocycles. The molecule has 2 N–H and O–H groups in total. The number of pyridine rings is 1. The van der Waals surface area contributed by atoms with Crippen molar-refractivity contribution in [2.45, 2.75) is 44.9 Å². The first-order valence-corrected chi connectivity index (χ1v) is 8.95. The first kappa shape index (κ1) is 15.4. The van der Waals surface area contributed by atoms with Crippen LogP contribution >= 0.6 is 0 Å². The van der Waals surface area contributed by atoms with E-state index in [9.17, 15) is 0 Å². The van der Waals surface area contributed by atoms with Gasteiger partial charge in [0.25, 0.3) is 0 Å². The lowest BCUT2D eigenvalue weighted by atomic mass is 10.1. The van der Waals surface area contributed by atoms with Crippen LogP contribution in [-0.4, -0.2) is 34.0 Å². The Morgan fingerprint density at radius 3 is 3.00 bits per heavy atom. The Bertz CT molecular complexity index is 648. The van der Waals surface area contributed by atoms with Crippen LogP contribution in [0.2, 0.25) is 0 Å². The number of fused-ring (bicyclic) bond motifs is 1. The van der Waals surface area contributed by atoms with Crippen LogP contribution in [0.5, 0.6) is 5.88 Å². The summed E-state index contributed by atoms with van der Waals surface area (Å²) >= 11 is 0. The van der Waals surface area contributed by atoms with Crippen LogP contribution < -0.4 is 15.4 Å². The number of ether oxygens (including phenoxy) is 1. The van der Waals surface area contributed by atoms with Gasteiger partial charge in [0, 0.05) is 50.4 Å². The van der Waals surface area contributed by atoms with Gasteiger partial charge in [0.1, 0.15) is 11.9 Å². The number of nitrogens with zero attached hydrogens (tertiary/aromatic N) is 3. The molecule has 0 unspecified atom stereocenters. The van der Waals surface area contributed by atoms with Gasteiger partial charge in [-0.05, 0) is 31.2 Å². The molecule has 0 spiro atoms. The zero-order valence-corrected chi connectivity index (χ0v) is 13.9. The molecule has 0 amide bonds. The lowest BCUT2D eigenvalue weighted by Crippen LogP contribution is -2.35. The van der Waals surface area contributed by atoms with Crippen LogP contribution in [0.1, 0.15) is 31.2 Å². The summed E-state index contributed by atoms with van der Waals surface area (Å²) < 4.78 is 7.94. The predicted molar refractivity (Wildman–Crippen MR) is 93.0 cm³/mol. The van der Waals surface area contributed by atoms with Crippen LogP contribution in [0, 0.1) is 5.92 Å². The Balaban J connectivity index is 1.21. The normalized spacial score (nSPS) is 20.6. The quantitative estimate of drug-likeness (QED) is 0.853. The molecule has 1 fully saturated rings. The van der Waals surface area contributed by atoms with Gasteiger partial charge in [-0.3, -0.25) is 0 Å². The van der Waals surface area contributed by atoms with Crippen LogP contribution in [0.4, 0.5) is 5.82 Å². The fourth-order valence-electron chi connectivity index (χ4n) is 3.51.